The fraction of sp³-hybridized carbons (Fsp3) is 0.143. The van der Waals surface area contributed by atoms with Crippen LogP contribution >= 0.6 is 0 Å². The maximum Gasteiger partial charge on any atom is 0.337 e. The summed E-state index contributed by atoms with van der Waals surface area (Å²) in [7, 11) is -2.72. The minimum atomic E-state index is -3.97. The number of benzene rings is 2. The summed E-state index contributed by atoms with van der Waals surface area (Å²) < 4.78 is 33.4. The fourth-order valence-corrected chi connectivity index (χ4v) is 3.92. The normalized spacial score (nSPS) is 11.0. The lowest BCUT2D eigenvalue weighted by atomic mass is 10.2. The van der Waals surface area contributed by atoms with Gasteiger partial charge in [-0.2, -0.15) is 0 Å². The molecule has 1 aromatic heterocycles. The Bertz CT molecular complexity index is 1100. The molecule has 0 radical (unpaired) electrons. The van der Waals surface area contributed by atoms with Gasteiger partial charge in [0.2, 0.25) is 0 Å². The van der Waals surface area contributed by atoms with Crippen molar-refractivity contribution < 1.29 is 17.9 Å². The van der Waals surface area contributed by atoms with E-state index in [1.807, 2.05) is 31.2 Å². The Morgan fingerprint density at radius 1 is 1.07 bits per heavy atom. The molecule has 0 spiro atoms. The summed E-state index contributed by atoms with van der Waals surface area (Å²) in [5.41, 5.74) is 2.68. The lowest BCUT2D eigenvalue weighted by molar-refractivity contribution is 0.0600. The number of nitrogens with one attached hydrogen (secondary N) is 2. The molecule has 2 N–H and O–H groups in total. The molecule has 0 aliphatic carbocycles. The van der Waals surface area contributed by atoms with Crippen molar-refractivity contribution >= 4 is 27.4 Å². The van der Waals surface area contributed by atoms with Crippen LogP contribution in [0.4, 0.5) is 11.4 Å². The molecule has 3 rings (SSSR count). The highest BCUT2D eigenvalue weighted by molar-refractivity contribution is 7.92. The Labute approximate surface area is 169 Å². The summed E-state index contributed by atoms with van der Waals surface area (Å²) in [5.74, 6) is -0.618. The third-order valence-corrected chi connectivity index (χ3v) is 5.60. The first-order valence-electron chi connectivity index (χ1n) is 8.85. The fourth-order valence-electron chi connectivity index (χ4n) is 2.66. The van der Waals surface area contributed by atoms with Gasteiger partial charge in [-0.1, -0.05) is 23.8 Å². The Kier molecular flexibility index (Phi) is 6.13. The number of carbonyl (C=O) groups excluding carboxylic acids is 1. The Hall–Kier alpha value is -3.39. The number of sulfonamides is 1. The van der Waals surface area contributed by atoms with E-state index < -0.39 is 16.0 Å². The van der Waals surface area contributed by atoms with Crippen LogP contribution in [-0.2, 0) is 21.3 Å². The van der Waals surface area contributed by atoms with Crippen LogP contribution in [0.25, 0.3) is 0 Å². The Morgan fingerprint density at radius 2 is 1.83 bits per heavy atom. The molecule has 0 unspecified atom stereocenters. The van der Waals surface area contributed by atoms with Gasteiger partial charge >= 0.3 is 5.97 Å². The summed E-state index contributed by atoms with van der Waals surface area (Å²) >= 11 is 0. The zero-order valence-corrected chi connectivity index (χ0v) is 16.9. The van der Waals surface area contributed by atoms with Gasteiger partial charge in [0.1, 0.15) is 4.90 Å². The quantitative estimate of drug-likeness (QED) is 0.577. The van der Waals surface area contributed by atoms with Gasteiger partial charge in [0, 0.05) is 11.9 Å². The Morgan fingerprint density at radius 3 is 2.48 bits per heavy atom. The van der Waals surface area contributed by atoms with E-state index >= 15 is 0 Å². The van der Waals surface area contributed by atoms with Crippen LogP contribution in [0.2, 0.25) is 0 Å². The molecule has 150 valence electrons. The SMILES string of the molecule is COC(=O)c1ccc(NCc2ccccn2)c(S(=O)(=O)Nc2ccc(C)cc2)c1. The molecule has 7 nitrogen and oxygen atoms in total. The van der Waals surface area contributed by atoms with Crippen molar-refractivity contribution in [1.29, 1.82) is 0 Å². The number of esters is 1. The first-order valence-corrected chi connectivity index (χ1v) is 10.3. The van der Waals surface area contributed by atoms with Crippen molar-refractivity contribution in [3.8, 4) is 0 Å². The van der Waals surface area contributed by atoms with Crippen LogP contribution in [0.3, 0.4) is 0 Å². The average Bonchev–Trinajstić information content (AvgIpc) is 2.74. The molecule has 3 aromatic rings. The molecule has 0 amide bonds. The molecular formula is C21H21N3O4S. The van der Waals surface area contributed by atoms with Crippen molar-refractivity contribution in [2.45, 2.75) is 18.4 Å². The number of methoxy groups -OCH3 is 1. The van der Waals surface area contributed by atoms with Gasteiger partial charge in [0.25, 0.3) is 10.0 Å². The van der Waals surface area contributed by atoms with E-state index in [1.165, 1.54) is 19.2 Å². The second-order valence-corrected chi connectivity index (χ2v) is 8.00. The van der Waals surface area contributed by atoms with Crippen LogP contribution in [-0.4, -0.2) is 26.5 Å². The number of hydrogen-bond acceptors (Lipinski definition) is 6. The topological polar surface area (TPSA) is 97.4 Å². The summed E-state index contributed by atoms with van der Waals surface area (Å²) in [5, 5.41) is 3.08. The van der Waals surface area contributed by atoms with Gasteiger partial charge in [-0.05, 0) is 49.4 Å². The van der Waals surface area contributed by atoms with E-state index in [1.54, 1.807) is 30.5 Å². The number of rotatable bonds is 7. The summed E-state index contributed by atoms with van der Waals surface area (Å²) in [6.07, 6.45) is 1.66. The van der Waals surface area contributed by atoms with E-state index in [4.69, 9.17) is 4.74 Å². The molecule has 0 atom stereocenters. The highest BCUT2D eigenvalue weighted by Gasteiger charge is 2.21. The molecule has 2 aromatic carbocycles. The zero-order chi connectivity index (χ0) is 20.9. The van der Waals surface area contributed by atoms with E-state index in [-0.39, 0.29) is 10.5 Å². The third kappa shape index (κ3) is 5.11. The number of pyridine rings is 1. The summed E-state index contributed by atoms with van der Waals surface area (Å²) in [6, 6.07) is 16.8. The number of nitrogens with zero attached hydrogens (tertiary/aromatic N) is 1. The standard InChI is InChI=1S/C21H21N3O4S/c1-15-6-9-17(10-7-15)24-29(26,27)20-13-16(21(25)28-2)8-11-19(20)23-14-18-5-3-4-12-22-18/h3-13,23-24H,14H2,1-2H3. The lowest BCUT2D eigenvalue weighted by Crippen LogP contribution is -2.17. The minimum absolute atomic E-state index is 0.0584. The van der Waals surface area contributed by atoms with Crippen LogP contribution in [0.1, 0.15) is 21.6 Å². The molecule has 0 saturated carbocycles. The number of ether oxygens (including phenoxy) is 1. The van der Waals surface area contributed by atoms with Crippen LogP contribution in [0.5, 0.6) is 0 Å². The van der Waals surface area contributed by atoms with Crippen LogP contribution < -0.4 is 10.0 Å². The second kappa shape index (κ2) is 8.74. The monoisotopic (exact) mass is 411 g/mol. The van der Waals surface area contributed by atoms with Crippen molar-refractivity contribution in [1.82, 2.24) is 4.98 Å². The second-order valence-electron chi connectivity index (χ2n) is 6.35. The lowest BCUT2D eigenvalue weighted by Gasteiger charge is -2.15. The van der Waals surface area contributed by atoms with E-state index in [2.05, 4.69) is 15.0 Å². The van der Waals surface area contributed by atoms with Gasteiger partial charge in [-0.15, -0.1) is 0 Å². The van der Waals surface area contributed by atoms with E-state index in [9.17, 15) is 13.2 Å². The zero-order valence-electron chi connectivity index (χ0n) is 16.0. The molecule has 0 fully saturated rings. The number of aryl methyl sites for hydroxylation is 1. The van der Waals surface area contributed by atoms with Crippen LogP contribution in [0, 0.1) is 6.92 Å². The molecule has 1 heterocycles. The summed E-state index contributed by atoms with van der Waals surface area (Å²) in [4.78, 5) is 16.1. The maximum absolute atomic E-state index is 13.1. The highest BCUT2D eigenvalue weighted by atomic mass is 32.2. The van der Waals surface area contributed by atoms with Crippen molar-refractivity contribution in [3.63, 3.8) is 0 Å². The van der Waals surface area contributed by atoms with Gasteiger partial charge < -0.3 is 10.1 Å². The van der Waals surface area contributed by atoms with Crippen molar-refractivity contribution in [2.24, 2.45) is 0 Å². The van der Waals surface area contributed by atoms with Gasteiger partial charge in [-0.3, -0.25) is 9.71 Å². The van der Waals surface area contributed by atoms with Gasteiger partial charge in [-0.25, -0.2) is 13.2 Å². The van der Waals surface area contributed by atoms with Gasteiger partial charge in [0.15, 0.2) is 0 Å². The first kappa shape index (κ1) is 20.3. The number of aromatic nitrogens is 1. The molecule has 8 heteroatoms. The third-order valence-electron chi connectivity index (χ3n) is 4.18. The molecule has 0 saturated heterocycles. The predicted octanol–water partition coefficient (Wildman–Crippen LogP) is 3.59. The number of carbonyl (C=O) groups is 1. The van der Waals surface area contributed by atoms with E-state index in [0.717, 1.165) is 11.3 Å². The first-order chi connectivity index (χ1) is 13.9. The van der Waals surface area contributed by atoms with E-state index in [0.29, 0.717) is 17.9 Å². The van der Waals surface area contributed by atoms with Crippen molar-refractivity contribution in [2.75, 3.05) is 17.1 Å². The molecule has 29 heavy (non-hydrogen) atoms. The molecule has 0 aliphatic heterocycles. The highest BCUT2D eigenvalue weighted by Crippen LogP contribution is 2.26. The summed E-state index contributed by atoms with van der Waals surface area (Å²) in [6.45, 7) is 2.24. The van der Waals surface area contributed by atoms with Crippen molar-refractivity contribution in [3.05, 3.63) is 83.7 Å². The molecule has 0 aliphatic rings. The average molecular weight is 411 g/mol. The molecular weight excluding hydrogens is 390 g/mol. The smallest absolute Gasteiger partial charge is 0.337 e. The number of anilines is 2. The van der Waals surface area contributed by atoms with Gasteiger partial charge in [0.05, 0.1) is 30.6 Å². The number of hydrogen-bond donors (Lipinski definition) is 2. The predicted molar refractivity (Wildman–Crippen MR) is 111 cm³/mol. The minimum Gasteiger partial charge on any atom is -0.465 e. The Balaban J connectivity index is 1.95. The molecule has 0 bridgehead atoms. The maximum atomic E-state index is 13.1. The largest absolute Gasteiger partial charge is 0.465 e. The van der Waals surface area contributed by atoms with Crippen LogP contribution in [0.15, 0.2) is 71.8 Å².